The van der Waals surface area contributed by atoms with Crippen LogP contribution in [0.15, 0.2) is 22.7 Å². The highest BCUT2D eigenvalue weighted by atomic mass is 32.2. The molecule has 8 heteroatoms. The lowest BCUT2D eigenvalue weighted by Crippen LogP contribution is -2.24. The minimum atomic E-state index is -3.39. The van der Waals surface area contributed by atoms with Crippen LogP contribution in [-0.4, -0.2) is 37.9 Å². The summed E-state index contributed by atoms with van der Waals surface area (Å²) in [6, 6.07) is 5.53. The number of nitrogens with zero attached hydrogens (tertiary/aromatic N) is 2. The molecule has 1 aromatic carbocycles. The highest BCUT2D eigenvalue weighted by Gasteiger charge is 2.16. The maximum Gasteiger partial charge on any atom is 0.260 e. The Morgan fingerprint density at radius 1 is 1.36 bits per heavy atom. The van der Waals surface area contributed by atoms with Crippen molar-refractivity contribution in [1.82, 2.24) is 15.5 Å². The van der Waals surface area contributed by atoms with Crippen molar-refractivity contribution in [3.05, 3.63) is 29.6 Å². The van der Waals surface area contributed by atoms with Crippen LogP contribution in [0.2, 0.25) is 0 Å². The molecule has 0 aliphatic heterocycles. The number of hydrogen-bond acceptors (Lipinski definition) is 6. The molecule has 0 aliphatic rings. The van der Waals surface area contributed by atoms with Gasteiger partial charge in [-0.15, -0.1) is 0 Å². The highest BCUT2D eigenvalue weighted by molar-refractivity contribution is 7.92. The predicted octanol–water partition coefficient (Wildman–Crippen LogP) is 1.57. The molecule has 1 unspecified atom stereocenters. The van der Waals surface area contributed by atoms with Gasteiger partial charge in [0.15, 0.2) is 5.82 Å². The van der Waals surface area contributed by atoms with E-state index < -0.39 is 10.0 Å². The fourth-order valence-electron chi connectivity index (χ4n) is 1.95. The average Bonchev–Trinajstić information content (AvgIpc) is 2.87. The summed E-state index contributed by atoms with van der Waals surface area (Å²) in [5, 5.41) is 7.05. The molecule has 2 N–H and O–H groups in total. The lowest BCUT2D eigenvalue weighted by Gasteiger charge is -2.08. The van der Waals surface area contributed by atoms with E-state index in [1.54, 1.807) is 6.07 Å². The van der Waals surface area contributed by atoms with Gasteiger partial charge in [-0.3, -0.25) is 4.72 Å². The Bertz CT molecular complexity index is 755. The van der Waals surface area contributed by atoms with Crippen LogP contribution in [0.4, 0.5) is 5.69 Å². The smallest absolute Gasteiger partial charge is 0.260 e. The molecule has 1 aromatic heterocycles. The summed E-state index contributed by atoms with van der Waals surface area (Å²) in [7, 11) is -1.53. The average molecular weight is 324 g/mol. The molecule has 1 heterocycles. The second-order valence-corrected chi connectivity index (χ2v) is 7.08. The van der Waals surface area contributed by atoms with E-state index in [1.807, 2.05) is 33.0 Å². The Morgan fingerprint density at radius 3 is 2.73 bits per heavy atom. The van der Waals surface area contributed by atoms with Crippen LogP contribution in [0.5, 0.6) is 0 Å². The first-order valence-electron chi connectivity index (χ1n) is 6.87. The lowest BCUT2D eigenvalue weighted by molar-refractivity contribution is 0.418. The zero-order valence-corrected chi connectivity index (χ0v) is 13.9. The van der Waals surface area contributed by atoms with Crippen molar-refractivity contribution in [3.63, 3.8) is 0 Å². The number of likely N-dealkylation sites (N-methyl/N-ethyl adjacent to an activating group) is 1. The van der Waals surface area contributed by atoms with Gasteiger partial charge in [-0.05, 0) is 33.0 Å². The molecule has 0 spiro atoms. The molecule has 2 aromatic rings. The van der Waals surface area contributed by atoms with Gasteiger partial charge in [-0.1, -0.05) is 16.8 Å². The van der Waals surface area contributed by atoms with E-state index in [-0.39, 0.29) is 6.04 Å². The number of aryl methyl sites for hydroxylation is 1. The van der Waals surface area contributed by atoms with Gasteiger partial charge < -0.3 is 9.84 Å². The van der Waals surface area contributed by atoms with Crippen molar-refractivity contribution in [1.29, 1.82) is 0 Å². The number of sulfonamides is 1. The second-order valence-electron chi connectivity index (χ2n) is 5.33. The number of benzene rings is 1. The molecule has 0 saturated heterocycles. The topological polar surface area (TPSA) is 97.1 Å². The largest absolute Gasteiger partial charge is 0.334 e. The van der Waals surface area contributed by atoms with Crippen LogP contribution in [-0.2, 0) is 16.4 Å². The summed E-state index contributed by atoms with van der Waals surface area (Å²) in [5.41, 5.74) is 1.96. The first kappa shape index (κ1) is 16.4. The van der Waals surface area contributed by atoms with Gasteiger partial charge in [0.05, 0.1) is 17.5 Å². The second kappa shape index (κ2) is 6.45. The monoisotopic (exact) mass is 324 g/mol. The first-order chi connectivity index (χ1) is 10.3. The lowest BCUT2D eigenvalue weighted by atomic mass is 10.1. The van der Waals surface area contributed by atoms with E-state index in [1.165, 1.54) is 0 Å². The van der Waals surface area contributed by atoms with Gasteiger partial charge in [-0.25, -0.2) is 8.42 Å². The standard InChI is InChI=1S/C14H20N4O3S/c1-9-5-6-12(18-22(4,19)20)11(7-9)14-16-13(17-21-14)8-10(2)15-3/h5-7,10,15,18H,8H2,1-4H3. The molecule has 0 aliphatic carbocycles. The summed E-state index contributed by atoms with van der Waals surface area (Å²) in [6.45, 7) is 3.92. The summed E-state index contributed by atoms with van der Waals surface area (Å²) >= 11 is 0. The fraction of sp³-hybridized carbons (Fsp3) is 0.429. The number of rotatable bonds is 6. The van der Waals surface area contributed by atoms with Crippen LogP contribution < -0.4 is 10.0 Å². The Balaban J connectivity index is 2.37. The molecule has 2 rings (SSSR count). The number of hydrogen-bond donors (Lipinski definition) is 2. The normalized spacial score (nSPS) is 13.1. The fourth-order valence-corrected chi connectivity index (χ4v) is 2.52. The van der Waals surface area contributed by atoms with Gasteiger partial charge in [0.25, 0.3) is 5.89 Å². The molecular formula is C14H20N4O3S. The molecule has 22 heavy (non-hydrogen) atoms. The SMILES string of the molecule is CNC(C)Cc1noc(-c2cc(C)ccc2NS(C)(=O)=O)n1. The molecule has 0 amide bonds. The van der Waals surface area contributed by atoms with Crippen molar-refractivity contribution in [2.45, 2.75) is 26.3 Å². The highest BCUT2D eigenvalue weighted by Crippen LogP contribution is 2.28. The van der Waals surface area contributed by atoms with Gasteiger partial charge in [-0.2, -0.15) is 4.98 Å². The Labute approximate surface area is 130 Å². The molecule has 0 bridgehead atoms. The molecule has 0 saturated carbocycles. The predicted molar refractivity (Wildman–Crippen MR) is 85.2 cm³/mol. The molecule has 120 valence electrons. The quantitative estimate of drug-likeness (QED) is 0.837. The van der Waals surface area contributed by atoms with Crippen molar-refractivity contribution >= 4 is 15.7 Å². The van der Waals surface area contributed by atoms with E-state index in [4.69, 9.17) is 4.52 Å². The zero-order valence-electron chi connectivity index (χ0n) is 13.0. The van der Waals surface area contributed by atoms with Crippen LogP contribution in [0.1, 0.15) is 18.3 Å². The summed E-state index contributed by atoms with van der Waals surface area (Å²) < 4.78 is 30.7. The van der Waals surface area contributed by atoms with Crippen molar-refractivity contribution in [2.75, 3.05) is 18.0 Å². The Kier molecular flexibility index (Phi) is 4.82. The molecule has 0 fully saturated rings. The third-order valence-electron chi connectivity index (χ3n) is 3.15. The molecule has 1 atom stereocenters. The van der Waals surface area contributed by atoms with Crippen molar-refractivity contribution < 1.29 is 12.9 Å². The van der Waals surface area contributed by atoms with E-state index in [0.29, 0.717) is 29.4 Å². The molecule has 7 nitrogen and oxygen atoms in total. The maximum absolute atomic E-state index is 11.5. The number of anilines is 1. The van der Waals surface area contributed by atoms with Gasteiger partial charge in [0.1, 0.15) is 0 Å². The van der Waals surface area contributed by atoms with Crippen LogP contribution >= 0.6 is 0 Å². The maximum atomic E-state index is 11.5. The summed E-state index contributed by atoms with van der Waals surface area (Å²) in [4.78, 5) is 4.35. The summed E-state index contributed by atoms with van der Waals surface area (Å²) in [6.07, 6.45) is 1.73. The number of aromatic nitrogens is 2. The van der Waals surface area contributed by atoms with Crippen molar-refractivity contribution in [2.24, 2.45) is 0 Å². The Morgan fingerprint density at radius 2 is 2.09 bits per heavy atom. The molecule has 0 radical (unpaired) electrons. The van der Waals surface area contributed by atoms with E-state index >= 15 is 0 Å². The van der Waals surface area contributed by atoms with Gasteiger partial charge in [0, 0.05) is 12.5 Å². The third-order valence-corrected chi connectivity index (χ3v) is 3.74. The van der Waals surface area contributed by atoms with E-state index in [9.17, 15) is 8.42 Å². The van der Waals surface area contributed by atoms with Crippen LogP contribution in [0.3, 0.4) is 0 Å². The van der Waals surface area contributed by atoms with Crippen molar-refractivity contribution in [3.8, 4) is 11.5 Å². The van der Waals surface area contributed by atoms with Crippen LogP contribution in [0, 0.1) is 6.92 Å². The van der Waals surface area contributed by atoms with Crippen LogP contribution in [0.25, 0.3) is 11.5 Å². The zero-order chi connectivity index (χ0) is 16.3. The van der Waals surface area contributed by atoms with Gasteiger partial charge in [0.2, 0.25) is 10.0 Å². The Hall–Kier alpha value is -1.93. The van der Waals surface area contributed by atoms with E-state index in [2.05, 4.69) is 20.2 Å². The summed E-state index contributed by atoms with van der Waals surface area (Å²) in [5.74, 6) is 0.872. The minimum absolute atomic E-state index is 0.219. The third kappa shape index (κ3) is 4.28. The van der Waals surface area contributed by atoms with E-state index in [0.717, 1.165) is 11.8 Å². The van der Waals surface area contributed by atoms with Gasteiger partial charge >= 0.3 is 0 Å². The minimum Gasteiger partial charge on any atom is -0.334 e. The first-order valence-corrected chi connectivity index (χ1v) is 8.76. The molecular weight excluding hydrogens is 304 g/mol. The number of nitrogens with one attached hydrogen (secondary N) is 2.